The van der Waals surface area contributed by atoms with E-state index in [0.717, 1.165) is 11.6 Å². The van der Waals surface area contributed by atoms with Gasteiger partial charge in [0.05, 0.1) is 18.0 Å². The largest absolute Gasteiger partial charge is 0.492 e. The Morgan fingerprint density at radius 2 is 1.74 bits per heavy atom. The summed E-state index contributed by atoms with van der Waals surface area (Å²) in [6.07, 6.45) is -0.143. The van der Waals surface area contributed by atoms with E-state index >= 15 is 0 Å². The van der Waals surface area contributed by atoms with Crippen molar-refractivity contribution in [1.82, 2.24) is 0 Å². The summed E-state index contributed by atoms with van der Waals surface area (Å²) in [4.78, 5) is 11.9. The molecule has 31 heavy (non-hydrogen) atoms. The second-order valence-corrected chi connectivity index (χ2v) is 11.8. The van der Waals surface area contributed by atoms with Crippen LogP contribution >= 0.6 is 0 Å². The molecule has 0 aromatic heterocycles. The molecule has 0 saturated carbocycles. The summed E-state index contributed by atoms with van der Waals surface area (Å²) in [5.41, 5.74) is 1.28. The molecule has 168 valence electrons. The molecule has 1 saturated heterocycles. The third kappa shape index (κ3) is 4.85. The molecule has 1 N–H and O–H groups in total. The van der Waals surface area contributed by atoms with Crippen molar-refractivity contribution in [2.45, 2.75) is 44.4 Å². The molecule has 1 fully saturated rings. The molecule has 0 spiro atoms. The zero-order chi connectivity index (χ0) is 23.0. The molecule has 0 bridgehead atoms. The van der Waals surface area contributed by atoms with Gasteiger partial charge in [-0.15, -0.1) is 0 Å². The number of anilines is 2. The number of benzene rings is 2. The number of ether oxygens (including phenoxy) is 1. The third-order valence-electron chi connectivity index (χ3n) is 4.83. The Balaban J connectivity index is 2.01. The Morgan fingerprint density at radius 3 is 2.26 bits per heavy atom. The van der Waals surface area contributed by atoms with Gasteiger partial charge in [-0.25, -0.2) is 21.1 Å². The maximum atomic E-state index is 13.1. The molecule has 2 aromatic rings. The van der Waals surface area contributed by atoms with Gasteiger partial charge in [0.15, 0.2) is 0 Å². The van der Waals surface area contributed by atoms with Crippen LogP contribution in [-0.4, -0.2) is 35.1 Å². The lowest BCUT2D eigenvalue weighted by Gasteiger charge is -2.20. The molecule has 0 unspecified atom stereocenters. The van der Waals surface area contributed by atoms with Crippen LogP contribution < -0.4 is 13.8 Å². The Morgan fingerprint density at radius 1 is 1.10 bits per heavy atom. The van der Waals surface area contributed by atoms with Crippen LogP contribution in [0.25, 0.3) is 0 Å². The van der Waals surface area contributed by atoms with Crippen molar-refractivity contribution in [3.05, 3.63) is 48.0 Å². The van der Waals surface area contributed by atoms with Crippen molar-refractivity contribution in [1.29, 1.82) is 0 Å². The van der Waals surface area contributed by atoms with Gasteiger partial charge < -0.3 is 4.74 Å². The van der Waals surface area contributed by atoms with Gasteiger partial charge in [-0.2, -0.15) is 0 Å². The minimum atomic E-state index is -4.13. The Hall–Kier alpha value is -2.59. The fourth-order valence-corrected chi connectivity index (χ4v) is 5.90. The molecule has 0 radical (unpaired) electrons. The minimum Gasteiger partial charge on any atom is -0.492 e. The lowest BCUT2D eigenvalue weighted by atomic mass is 9.87. The van der Waals surface area contributed by atoms with Crippen molar-refractivity contribution in [2.75, 3.05) is 21.4 Å². The van der Waals surface area contributed by atoms with Gasteiger partial charge in [0, 0.05) is 12.1 Å². The van der Waals surface area contributed by atoms with E-state index in [2.05, 4.69) is 25.5 Å². The van der Waals surface area contributed by atoms with E-state index in [-0.39, 0.29) is 40.5 Å². The monoisotopic (exact) mass is 466 g/mol. The van der Waals surface area contributed by atoms with Gasteiger partial charge in [-0.3, -0.25) is 9.52 Å². The van der Waals surface area contributed by atoms with Gasteiger partial charge in [0.2, 0.25) is 15.9 Å². The van der Waals surface area contributed by atoms with E-state index in [9.17, 15) is 21.6 Å². The molecule has 10 heteroatoms. The zero-order valence-electron chi connectivity index (χ0n) is 17.9. The number of carbonyl (C=O) groups is 1. The highest BCUT2D eigenvalue weighted by molar-refractivity contribution is 7.94. The van der Waals surface area contributed by atoms with Crippen molar-refractivity contribution >= 4 is 37.3 Å². The second kappa shape index (κ2) is 8.16. The molecular weight excluding hydrogens is 440 g/mol. The number of amides is 1. The average molecular weight is 467 g/mol. The summed E-state index contributed by atoms with van der Waals surface area (Å²) in [7, 11) is -7.96. The van der Waals surface area contributed by atoms with Crippen LogP contribution in [0.1, 0.15) is 39.7 Å². The van der Waals surface area contributed by atoms with Crippen LogP contribution in [0, 0.1) is 0 Å². The second-order valence-electron chi connectivity index (χ2n) is 8.22. The first-order chi connectivity index (χ1) is 14.3. The summed E-state index contributed by atoms with van der Waals surface area (Å²) >= 11 is 0. The van der Waals surface area contributed by atoms with E-state index in [1.165, 1.54) is 12.1 Å². The highest BCUT2D eigenvalue weighted by Gasteiger charge is 2.37. The number of sulfonamides is 2. The molecule has 1 amide bonds. The van der Waals surface area contributed by atoms with Gasteiger partial charge in [-0.05, 0) is 48.2 Å². The number of nitrogens with zero attached hydrogens (tertiary/aromatic N) is 1. The first-order valence-corrected chi connectivity index (χ1v) is 12.9. The predicted octanol–water partition coefficient (Wildman–Crippen LogP) is 3.25. The fraction of sp³-hybridized carbons (Fsp3) is 0.381. The first-order valence-electron chi connectivity index (χ1n) is 9.81. The van der Waals surface area contributed by atoms with Crippen molar-refractivity contribution in [2.24, 2.45) is 0 Å². The van der Waals surface area contributed by atoms with Crippen LogP contribution in [-0.2, 0) is 30.3 Å². The summed E-state index contributed by atoms with van der Waals surface area (Å²) < 4.78 is 59.4. The Labute approximate surface area is 183 Å². The van der Waals surface area contributed by atoms with E-state index < -0.39 is 26.0 Å². The summed E-state index contributed by atoms with van der Waals surface area (Å²) in [5.74, 6) is -0.841. The number of carbonyl (C=O) groups excluding carboxylic acids is 1. The number of rotatable bonds is 6. The molecule has 1 heterocycles. The Bertz CT molecular complexity index is 1200. The smallest absolute Gasteiger partial charge is 0.265 e. The maximum absolute atomic E-state index is 13.1. The third-order valence-corrected chi connectivity index (χ3v) is 7.93. The molecule has 1 aliphatic heterocycles. The molecule has 0 atom stereocenters. The molecule has 3 rings (SSSR count). The van der Waals surface area contributed by atoms with Crippen LogP contribution in [0.3, 0.4) is 0 Å². The average Bonchev–Trinajstić information content (AvgIpc) is 2.94. The highest BCUT2D eigenvalue weighted by Crippen LogP contribution is 2.34. The standard InChI is InChI=1S/C21H26N2O6S2/c1-5-29-18-11-10-17(23-20(24)12-13-30(23,25)26)14-19(18)31(27,28)22-16-8-6-15(7-9-16)21(2,3)4/h6-11,14,22H,5,12-13H2,1-4H3. The fourth-order valence-electron chi connectivity index (χ4n) is 3.23. The number of hydrogen-bond donors (Lipinski definition) is 1. The van der Waals surface area contributed by atoms with Crippen molar-refractivity contribution in [3.63, 3.8) is 0 Å². The predicted molar refractivity (Wildman–Crippen MR) is 119 cm³/mol. The van der Waals surface area contributed by atoms with E-state index in [4.69, 9.17) is 4.74 Å². The lowest BCUT2D eigenvalue weighted by molar-refractivity contribution is -0.116. The normalized spacial score (nSPS) is 16.4. The topological polar surface area (TPSA) is 110 Å². The van der Waals surface area contributed by atoms with Crippen LogP contribution in [0.2, 0.25) is 0 Å². The number of nitrogens with one attached hydrogen (secondary N) is 1. The maximum Gasteiger partial charge on any atom is 0.265 e. The van der Waals surface area contributed by atoms with Gasteiger partial charge >= 0.3 is 0 Å². The highest BCUT2D eigenvalue weighted by atomic mass is 32.2. The molecule has 1 aliphatic rings. The zero-order valence-corrected chi connectivity index (χ0v) is 19.5. The molecule has 0 aliphatic carbocycles. The number of hydrogen-bond acceptors (Lipinski definition) is 6. The summed E-state index contributed by atoms with van der Waals surface area (Å²) in [5, 5.41) is 0. The van der Waals surface area contributed by atoms with Crippen molar-refractivity contribution < 1.29 is 26.4 Å². The quantitative estimate of drug-likeness (QED) is 0.700. The van der Waals surface area contributed by atoms with Crippen LogP contribution in [0.15, 0.2) is 47.4 Å². The molecular formula is C21H26N2O6S2. The van der Waals surface area contributed by atoms with Gasteiger partial charge in [0.25, 0.3) is 10.0 Å². The molecule has 8 nitrogen and oxygen atoms in total. The first kappa shape index (κ1) is 23.1. The molecule has 2 aromatic carbocycles. The minimum absolute atomic E-state index is 0.0330. The SMILES string of the molecule is CCOc1ccc(N2C(=O)CCS2(=O)=O)cc1S(=O)(=O)Nc1ccc(C(C)(C)C)cc1. The van der Waals surface area contributed by atoms with Gasteiger partial charge in [0.1, 0.15) is 10.6 Å². The van der Waals surface area contributed by atoms with Crippen LogP contribution in [0.4, 0.5) is 11.4 Å². The van der Waals surface area contributed by atoms with Gasteiger partial charge in [-0.1, -0.05) is 32.9 Å². The summed E-state index contributed by atoms with van der Waals surface area (Å²) in [6, 6.07) is 10.9. The summed E-state index contributed by atoms with van der Waals surface area (Å²) in [6.45, 7) is 8.08. The van der Waals surface area contributed by atoms with E-state index in [0.29, 0.717) is 9.99 Å². The Kier molecular flexibility index (Phi) is 6.07. The lowest BCUT2D eigenvalue weighted by Crippen LogP contribution is -2.29. The van der Waals surface area contributed by atoms with E-state index in [1.807, 2.05) is 12.1 Å². The van der Waals surface area contributed by atoms with E-state index in [1.54, 1.807) is 19.1 Å². The van der Waals surface area contributed by atoms with Crippen molar-refractivity contribution in [3.8, 4) is 5.75 Å². The van der Waals surface area contributed by atoms with Crippen LogP contribution in [0.5, 0.6) is 5.75 Å².